The number of aryl methyl sites for hydroxylation is 1. The minimum atomic E-state index is 0.471. The number of nitrogens with two attached hydrogens (primary N) is 1. The van der Waals surface area contributed by atoms with Crippen molar-refractivity contribution >= 4 is 23.1 Å². The van der Waals surface area contributed by atoms with Crippen LogP contribution in [0.4, 0.5) is 23.1 Å². The summed E-state index contributed by atoms with van der Waals surface area (Å²) in [6.07, 6.45) is 1.44. The van der Waals surface area contributed by atoms with Crippen molar-refractivity contribution in [2.45, 2.75) is 6.92 Å². The normalized spacial score (nSPS) is 10.0. The van der Waals surface area contributed by atoms with Gasteiger partial charge < -0.3 is 16.4 Å². The molecule has 4 N–H and O–H groups in total. The van der Waals surface area contributed by atoms with Crippen LogP contribution in [0.5, 0.6) is 0 Å². The second-order valence-corrected chi connectivity index (χ2v) is 3.52. The van der Waals surface area contributed by atoms with Gasteiger partial charge in [0.15, 0.2) is 11.6 Å². The fourth-order valence-corrected chi connectivity index (χ4v) is 1.43. The Labute approximate surface area is 99.3 Å². The predicted octanol–water partition coefficient (Wildman–Crippen LogP) is 1.55. The molecule has 0 aliphatic heterocycles. The van der Waals surface area contributed by atoms with E-state index in [1.807, 2.05) is 25.1 Å². The van der Waals surface area contributed by atoms with Gasteiger partial charge >= 0.3 is 0 Å². The average Bonchev–Trinajstić information content (AvgIpc) is 2.32. The number of rotatable bonds is 3. The average molecular weight is 230 g/mol. The van der Waals surface area contributed by atoms with Crippen LogP contribution in [-0.4, -0.2) is 22.0 Å². The van der Waals surface area contributed by atoms with Gasteiger partial charge in [0.05, 0.1) is 0 Å². The summed E-state index contributed by atoms with van der Waals surface area (Å²) in [5.74, 6) is 1.84. The molecule has 88 valence electrons. The molecule has 0 saturated heterocycles. The van der Waals surface area contributed by atoms with Crippen LogP contribution in [0.15, 0.2) is 24.5 Å². The van der Waals surface area contributed by atoms with E-state index >= 15 is 0 Å². The predicted molar refractivity (Wildman–Crippen MR) is 68.2 cm³/mol. The number of anilines is 4. The van der Waals surface area contributed by atoms with Crippen LogP contribution in [0, 0.1) is 6.92 Å². The van der Waals surface area contributed by atoms with E-state index in [4.69, 9.17) is 5.73 Å². The highest BCUT2D eigenvalue weighted by molar-refractivity contribution is 5.76. The van der Waals surface area contributed by atoms with Crippen LogP contribution in [0.1, 0.15) is 5.69 Å². The zero-order valence-electron chi connectivity index (χ0n) is 9.73. The van der Waals surface area contributed by atoms with Gasteiger partial charge in [0, 0.05) is 12.7 Å². The molecule has 0 atom stereocenters. The molecule has 0 aliphatic rings. The van der Waals surface area contributed by atoms with Crippen molar-refractivity contribution in [3.05, 3.63) is 30.2 Å². The molecule has 2 aromatic rings. The minimum absolute atomic E-state index is 0.471. The second kappa shape index (κ2) is 4.65. The standard InChI is InChI=1S/C11H14N6/c1-7-4-3-5-8(16-7)17-11-9(12)10(13-2)14-6-15-11/h3-6H,12H2,1-2H3,(H2,13,14,15,16,17). The van der Waals surface area contributed by atoms with E-state index in [1.54, 1.807) is 7.05 Å². The quantitative estimate of drug-likeness (QED) is 0.741. The number of hydrogen-bond acceptors (Lipinski definition) is 6. The van der Waals surface area contributed by atoms with Crippen LogP contribution in [0.25, 0.3) is 0 Å². The first-order valence-corrected chi connectivity index (χ1v) is 5.19. The first-order valence-electron chi connectivity index (χ1n) is 5.19. The summed E-state index contributed by atoms with van der Waals surface area (Å²) in [6.45, 7) is 1.92. The van der Waals surface area contributed by atoms with Gasteiger partial charge in [-0.1, -0.05) is 6.07 Å². The minimum Gasteiger partial charge on any atom is -0.393 e. The highest BCUT2D eigenvalue weighted by atomic mass is 15.1. The number of nitrogen functional groups attached to an aromatic ring is 1. The van der Waals surface area contributed by atoms with Gasteiger partial charge in [0.2, 0.25) is 0 Å². The first-order chi connectivity index (χ1) is 8.20. The Hall–Kier alpha value is -2.37. The number of pyridine rings is 1. The lowest BCUT2D eigenvalue weighted by atomic mass is 10.3. The SMILES string of the molecule is CNc1ncnc(Nc2cccc(C)n2)c1N. The van der Waals surface area contributed by atoms with Crippen LogP contribution in [0.3, 0.4) is 0 Å². The molecule has 0 radical (unpaired) electrons. The van der Waals surface area contributed by atoms with Gasteiger partial charge in [-0.05, 0) is 19.1 Å². The largest absolute Gasteiger partial charge is 0.393 e. The zero-order valence-corrected chi connectivity index (χ0v) is 9.73. The molecule has 0 fully saturated rings. The molecule has 0 aliphatic carbocycles. The van der Waals surface area contributed by atoms with Crippen molar-refractivity contribution < 1.29 is 0 Å². The lowest BCUT2D eigenvalue weighted by Gasteiger charge is -2.10. The van der Waals surface area contributed by atoms with Gasteiger partial charge in [0.25, 0.3) is 0 Å². The molecule has 0 unspecified atom stereocenters. The maximum atomic E-state index is 5.90. The van der Waals surface area contributed by atoms with Gasteiger partial charge in [-0.15, -0.1) is 0 Å². The maximum Gasteiger partial charge on any atom is 0.160 e. The van der Waals surface area contributed by atoms with Crippen molar-refractivity contribution in [2.75, 3.05) is 23.4 Å². The molecular formula is C11H14N6. The molecule has 2 heterocycles. The summed E-state index contributed by atoms with van der Waals surface area (Å²) < 4.78 is 0. The molecule has 0 saturated carbocycles. The van der Waals surface area contributed by atoms with E-state index in [9.17, 15) is 0 Å². The molecule has 2 rings (SSSR count). The monoisotopic (exact) mass is 230 g/mol. The summed E-state index contributed by atoms with van der Waals surface area (Å²) in [4.78, 5) is 12.4. The molecule has 6 heteroatoms. The summed E-state index contributed by atoms with van der Waals surface area (Å²) in [5, 5.41) is 5.96. The Bertz CT molecular complexity index is 525. The van der Waals surface area contributed by atoms with E-state index in [1.165, 1.54) is 6.33 Å². The zero-order chi connectivity index (χ0) is 12.3. The van der Waals surface area contributed by atoms with E-state index in [0.717, 1.165) is 5.69 Å². The first kappa shape index (κ1) is 11.1. The van der Waals surface area contributed by atoms with E-state index in [-0.39, 0.29) is 0 Å². The molecule has 0 bridgehead atoms. The van der Waals surface area contributed by atoms with Crippen molar-refractivity contribution in [1.29, 1.82) is 0 Å². The van der Waals surface area contributed by atoms with Gasteiger partial charge in [-0.25, -0.2) is 15.0 Å². The summed E-state index contributed by atoms with van der Waals surface area (Å²) >= 11 is 0. The Morgan fingerprint density at radius 2 is 1.94 bits per heavy atom. The lowest BCUT2D eigenvalue weighted by molar-refractivity contribution is 1.14. The fourth-order valence-electron chi connectivity index (χ4n) is 1.43. The van der Waals surface area contributed by atoms with Gasteiger partial charge in [0.1, 0.15) is 17.8 Å². The smallest absolute Gasteiger partial charge is 0.160 e. The molecule has 17 heavy (non-hydrogen) atoms. The Morgan fingerprint density at radius 3 is 2.65 bits per heavy atom. The number of aromatic nitrogens is 3. The van der Waals surface area contributed by atoms with Crippen molar-refractivity contribution in [2.24, 2.45) is 0 Å². The Balaban J connectivity index is 2.30. The summed E-state index contributed by atoms with van der Waals surface area (Å²) in [6, 6.07) is 5.70. The third kappa shape index (κ3) is 2.41. The summed E-state index contributed by atoms with van der Waals surface area (Å²) in [7, 11) is 1.76. The van der Waals surface area contributed by atoms with Gasteiger partial charge in [-0.3, -0.25) is 0 Å². The van der Waals surface area contributed by atoms with Crippen LogP contribution in [-0.2, 0) is 0 Å². The van der Waals surface area contributed by atoms with E-state index in [0.29, 0.717) is 23.1 Å². The maximum absolute atomic E-state index is 5.90. The molecule has 0 amide bonds. The number of nitrogens with zero attached hydrogens (tertiary/aromatic N) is 3. The highest BCUT2D eigenvalue weighted by Crippen LogP contribution is 2.24. The topological polar surface area (TPSA) is 88.8 Å². The van der Waals surface area contributed by atoms with E-state index in [2.05, 4.69) is 25.6 Å². The Morgan fingerprint density at radius 1 is 1.18 bits per heavy atom. The van der Waals surface area contributed by atoms with Crippen LogP contribution >= 0.6 is 0 Å². The van der Waals surface area contributed by atoms with Crippen LogP contribution in [0.2, 0.25) is 0 Å². The highest BCUT2D eigenvalue weighted by Gasteiger charge is 2.07. The second-order valence-electron chi connectivity index (χ2n) is 3.52. The molecule has 0 spiro atoms. The third-order valence-electron chi connectivity index (χ3n) is 2.26. The lowest BCUT2D eigenvalue weighted by Crippen LogP contribution is -2.05. The third-order valence-corrected chi connectivity index (χ3v) is 2.26. The Kier molecular flexibility index (Phi) is 3.04. The molecule has 2 aromatic heterocycles. The van der Waals surface area contributed by atoms with Crippen molar-refractivity contribution in [1.82, 2.24) is 15.0 Å². The van der Waals surface area contributed by atoms with Crippen molar-refractivity contribution in [3.8, 4) is 0 Å². The van der Waals surface area contributed by atoms with E-state index < -0.39 is 0 Å². The fraction of sp³-hybridized carbons (Fsp3) is 0.182. The van der Waals surface area contributed by atoms with Crippen LogP contribution < -0.4 is 16.4 Å². The number of nitrogens with one attached hydrogen (secondary N) is 2. The molecule has 0 aromatic carbocycles. The van der Waals surface area contributed by atoms with Gasteiger partial charge in [-0.2, -0.15) is 0 Å². The van der Waals surface area contributed by atoms with Crippen molar-refractivity contribution in [3.63, 3.8) is 0 Å². The summed E-state index contributed by atoms with van der Waals surface area (Å²) in [5.41, 5.74) is 7.30. The molecule has 6 nitrogen and oxygen atoms in total. The number of hydrogen-bond donors (Lipinski definition) is 3. The molecular weight excluding hydrogens is 216 g/mol.